The highest BCUT2D eigenvalue weighted by Crippen LogP contribution is 2.34. The van der Waals surface area contributed by atoms with Gasteiger partial charge in [-0.25, -0.2) is 0 Å². The lowest BCUT2D eigenvalue weighted by molar-refractivity contribution is -0.124. The van der Waals surface area contributed by atoms with Crippen LogP contribution in [-0.2, 0) is 4.79 Å². The Morgan fingerprint density at radius 2 is 1.95 bits per heavy atom. The molecule has 21 heavy (non-hydrogen) atoms. The highest BCUT2D eigenvalue weighted by atomic mass is 16.2. The number of nitrogens with one attached hydrogen (secondary N) is 1. The van der Waals surface area contributed by atoms with E-state index in [0.717, 1.165) is 31.5 Å². The molecule has 1 aliphatic heterocycles. The van der Waals surface area contributed by atoms with Gasteiger partial charge in [-0.05, 0) is 38.0 Å². The van der Waals surface area contributed by atoms with Gasteiger partial charge in [0.2, 0.25) is 0 Å². The van der Waals surface area contributed by atoms with Crippen LogP contribution in [0.5, 0.6) is 0 Å². The summed E-state index contributed by atoms with van der Waals surface area (Å²) >= 11 is 0. The van der Waals surface area contributed by atoms with E-state index in [1.54, 1.807) is 0 Å². The fraction of sp³-hybridized carbons (Fsp3) is 0.889. The molecule has 0 aromatic heterocycles. The average Bonchev–Trinajstić information content (AvgIpc) is 2.83. The lowest BCUT2D eigenvalue weighted by atomic mass is 9.85. The number of hydrogen-bond donors (Lipinski definition) is 1. The van der Waals surface area contributed by atoms with Crippen LogP contribution in [0, 0.1) is 11.8 Å². The number of nitrogens with zero attached hydrogens (tertiary/aromatic N) is 1. The van der Waals surface area contributed by atoms with Gasteiger partial charge in [0.05, 0.1) is 0 Å². The Bertz CT molecular complexity index is 385. The molecule has 1 fully saturated rings. The normalized spacial score (nSPS) is 28.3. The van der Waals surface area contributed by atoms with Crippen LogP contribution in [0.1, 0.15) is 85.0 Å². The van der Waals surface area contributed by atoms with E-state index in [-0.39, 0.29) is 5.91 Å². The first kappa shape index (κ1) is 16.5. The summed E-state index contributed by atoms with van der Waals surface area (Å²) in [5.74, 6) is 2.37. The largest absolute Gasteiger partial charge is 0.312 e. The standard InChI is InChI=1S/C18H32N2O/c1-4-12-18(13-11-14(3)5-2)17(21)19-16(20-18)15-9-7-6-8-10-15/h14-15H,4-13H2,1-3H3,(H,19,20,21). The van der Waals surface area contributed by atoms with Crippen LogP contribution in [0.25, 0.3) is 0 Å². The first-order chi connectivity index (χ1) is 10.1. The molecule has 1 N–H and O–H groups in total. The summed E-state index contributed by atoms with van der Waals surface area (Å²) in [7, 11) is 0. The highest BCUT2D eigenvalue weighted by molar-refractivity contribution is 6.09. The molecule has 0 spiro atoms. The number of amides is 1. The van der Waals surface area contributed by atoms with Gasteiger partial charge in [-0.3, -0.25) is 9.79 Å². The smallest absolute Gasteiger partial charge is 0.253 e. The van der Waals surface area contributed by atoms with Gasteiger partial charge in [0, 0.05) is 5.92 Å². The van der Waals surface area contributed by atoms with Gasteiger partial charge in [0.25, 0.3) is 5.91 Å². The molecule has 2 atom stereocenters. The van der Waals surface area contributed by atoms with E-state index in [2.05, 4.69) is 26.1 Å². The minimum absolute atomic E-state index is 0.174. The Balaban J connectivity index is 2.10. The fourth-order valence-electron chi connectivity index (χ4n) is 3.68. The first-order valence-electron chi connectivity index (χ1n) is 9.02. The van der Waals surface area contributed by atoms with Crippen molar-refractivity contribution in [2.45, 2.75) is 90.5 Å². The van der Waals surface area contributed by atoms with Crippen molar-refractivity contribution in [1.82, 2.24) is 5.32 Å². The van der Waals surface area contributed by atoms with E-state index in [4.69, 9.17) is 4.99 Å². The average molecular weight is 292 g/mol. The Labute approximate surface area is 130 Å². The number of rotatable bonds is 7. The summed E-state index contributed by atoms with van der Waals surface area (Å²) in [6, 6.07) is 0. The summed E-state index contributed by atoms with van der Waals surface area (Å²) in [6.45, 7) is 6.66. The molecule has 3 nitrogen and oxygen atoms in total. The van der Waals surface area contributed by atoms with Gasteiger partial charge in [0.15, 0.2) is 0 Å². The number of carbonyl (C=O) groups excluding carboxylic acids is 1. The molecule has 120 valence electrons. The summed E-state index contributed by atoms with van der Waals surface area (Å²) in [5, 5.41) is 3.15. The van der Waals surface area contributed by atoms with Crippen LogP contribution in [0.15, 0.2) is 4.99 Å². The fourth-order valence-corrected chi connectivity index (χ4v) is 3.68. The van der Waals surface area contributed by atoms with Crippen molar-refractivity contribution in [2.24, 2.45) is 16.8 Å². The van der Waals surface area contributed by atoms with E-state index < -0.39 is 5.54 Å². The molecular formula is C18H32N2O. The van der Waals surface area contributed by atoms with E-state index in [1.807, 2.05) is 0 Å². The van der Waals surface area contributed by atoms with Crippen molar-refractivity contribution in [2.75, 3.05) is 0 Å². The minimum atomic E-state index is -0.453. The van der Waals surface area contributed by atoms with E-state index >= 15 is 0 Å². The van der Waals surface area contributed by atoms with Gasteiger partial charge < -0.3 is 5.32 Å². The molecule has 1 heterocycles. The molecule has 0 radical (unpaired) electrons. The molecule has 1 saturated carbocycles. The van der Waals surface area contributed by atoms with Crippen LogP contribution in [0.4, 0.5) is 0 Å². The lowest BCUT2D eigenvalue weighted by Crippen LogP contribution is -2.41. The van der Waals surface area contributed by atoms with Gasteiger partial charge >= 0.3 is 0 Å². The van der Waals surface area contributed by atoms with Crippen molar-refractivity contribution in [3.63, 3.8) is 0 Å². The van der Waals surface area contributed by atoms with Crippen molar-refractivity contribution >= 4 is 11.7 Å². The second-order valence-corrected chi connectivity index (χ2v) is 7.12. The molecule has 0 aromatic carbocycles. The molecule has 2 unspecified atom stereocenters. The minimum Gasteiger partial charge on any atom is -0.312 e. The third-order valence-corrected chi connectivity index (χ3v) is 5.40. The third-order valence-electron chi connectivity index (χ3n) is 5.40. The van der Waals surface area contributed by atoms with Gasteiger partial charge in [-0.2, -0.15) is 0 Å². The molecule has 1 aliphatic carbocycles. The van der Waals surface area contributed by atoms with Crippen LogP contribution >= 0.6 is 0 Å². The monoisotopic (exact) mass is 292 g/mol. The molecule has 0 bridgehead atoms. The molecule has 0 aromatic rings. The second kappa shape index (κ2) is 7.42. The molecule has 2 aliphatic rings. The highest BCUT2D eigenvalue weighted by Gasteiger charge is 2.43. The van der Waals surface area contributed by atoms with Crippen molar-refractivity contribution in [1.29, 1.82) is 0 Å². The molecule has 3 heteroatoms. The Morgan fingerprint density at radius 3 is 2.57 bits per heavy atom. The third kappa shape index (κ3) is 3.87. The predicted molar refractivity (Wildman–Crippen MR) is 88.5 cm³/mol. The maximum absolute atomic E-state index is 12.6. The molecule has 0 saturated heterocycles. The zero-order valence-corrected chi connectivity index (χ0v) is 14.1. The lowest BCUT2D eigenvalue weighted by Gasteiger charge is -2.24. The van der Waals surface area contributed by atoms with Gasteiger partial charge in [-0.15, -0.1) is 0 Å². The second-order valence-electron chi connectivity index (χ2n) is 7.12. The zero-order valence-electron chi connectivity index (χ0n) is 14.1. The van der Waals surface area contributed by atoms with E-state index in [1.165, 1.54) is 38.5 Å². The maximum Gasteiger partial charge on any atom is 0.253 e. The first-order valence-corrected chi connectivity index (χ1v) is 9.02. The quantitative estimate of drug-likeness (QED) is 0.739. The summed E-state index contributed by atoms with van der Waals surface area (Å²) in [5.41, 5.74) is -0.453. The van der Waals surface area contributed by atoms with Crippen LogP contribution in [0.3, 0.4) is 0 Å². The van der Waals surface area contributed by atoms with Crippen LogP contribution < -0.4 is 5.32 Å². The van der Waals surface area contributed by atoms with Crippen molar-refractivity contribution in [3.05, 3.63) is 0 Å². The van der Waals surface area contributed by atoms with E-state index in [0.29, 0.717) is 11.8 Å². The van der Waals surface area contributed by atoms with Crippen LogP contribution in [-0.4, -0.2) is 17.3 Å². The predicted octanol–water partition coefficient (Wildman–Crippen LogP) is 4.46. The van der Waals surface area contributed by atoms with Gasteiger partial charge in [0.1, 0.15) is 11.4 Å². The Kier molecular flexibility index (Phi) is 5.83. The number of aliphatic imine (C=N–C) groups is 1. The number of hydrogen-bond acceptors (Lipinski definition) is 2. The summed E-state index contributed by atoms with van der Waals surface area (Å²) < 4.78 is 0. The SMILES string of the molecule is CCCC1(CCC(C)CC)N=C(C2CCCCC2)NC1=O. The Morgan fingerprint density at radius 1 is 1.24 bits per heavy atom. The molecular weight excluding hydrogens is 260 g/mol. The van der Waals surface area contributed by atoms with Crippen molar-refractivity contribution in [3.8, 4) is 0 Å². The number of carbonyl (C=O) groups is 1. The number of amidine groups is 1. The summed E-state index contributed by atoms with van der Waals surface area (Å²) in [6.07, 6.45) is 11.4. The van der Waals surface area contributed by atoms with Gasteiger partial charge in [-0.1, -0.05) is 52.9 Å². The van der Waals surface area contributed by atoms with Crippen LogP contribution in [0.2, 0.25) is 0 Å². The van der Waals surface area contributed by atoms with E-state index in [9.17, 15) is 4.79 Å². The van der Waals surface area contributed by atoms with Crippen molar-refractivity contribution < 1.29 is 4.79 Å². The molecule has 1 amide bonds. The Hall–Kier alpha value is -0.860. The maximum atomic E-state index is 12.6. The zero-order chi connectivity index (χ0) is 15.3. The topological polar surface area (TPSA) is 41.5 Å². The summed E-state index contributed by atoms with van der Waals surface area (Å²) in [4.78, 5) is 17.6. The molecule has 2 rings (SSSR count).